The van der Waals surface area contributed by atoms with Crippen LogP contribution in [0.1, 0.15) is 72.0 Å². The fourth-order valence-corrected chi connectivity index (χ4v) is 5.46. The Balaban J connectivity index is 1.49. The van der Waals surface area contributed by atoms with Crippen LogP contribution in [0.4, 0.5) is 0 Å². The molecule has 0 radical (unpaired) electrons. The fraction of sp³-hybridized carbons (Fsp3) is 0.324. The molecule has 214 valence electrons. The zero-order chi connectivity index (χ0) is 29.0. The van der Waals surface area contributed by atoms with Gasteiger partial charge in [-0.05, 0) is 60.1 Å². The highest BCUT2D eigenvalue weighted by molar-refractivity contribution is 6.32. The molecule has 1 aliphatic carbocycles. The van der Waals surface area contributed by atoms with Gasteiger partial charge in [0.25, 0.3) is 5.91 Å². The summed E-state index contributed by atoms with van der Waals surface area (Å²) in [5, 5.41) is 16.0. The second-order valence-corrected chi connectivity index (χ2v) is 11.1. The van der Waals surface area contributed by atoms with Gasteiger partial charge in [0, 0.05) is 10.6 Å². The molecular weight excluding hydrogens is 536 g/mol. The zero-order valence-corrected chi connectivity index (χ0v) is 23.9. The standard InChI is InChI=1S/C34H37ClN2O4/c35-29-20-19-28(23-27(29)18-16-24-10-4-1-5-11-24)32(38)36-30(21-17-25-12-6-2-7-13-25)33(39)37-31(34(40)41)22-26-14-8-3-9-15-26/h1-2,4-7,10-13,16,18-20,23,26,30-31H,3,8-9,14-15,17,21-22H2,(H,36,38)(H,37,39)(H,40,41). The average molecular weight is 573 g/mol. The Bertz CT molecular complexity index is 1340. The molecule has 0 heterocycles. The number of benzene rings is 3. The number of aryl methyl sites for hydroxylation is 1. The van der Waals surface area contributed by atoms with Crippen LogP contribution in [0.15, 0.2) is 78.9 Å². The van der Waals surface area contributed by atoms with Crippen LogP contribution in [0.25, 0.3) is 12.2 Å². The van der Waals surface area contributed by atoms with Crippen LogP contribution in [-0.4, -0.2) is 35.0 Å². The van der Waals surface area contributed by atoms with Gasteiger partial charge < -0.3 is 15.7 Å². The lowest BCUT2D eigenvalue weighted by atomic mass is 9.84. The van der Waals surface area contributed by atoms with Crippen molar-refractivity contribution < 1.29 is 19.5 Å². The number of halogens is 1. The lowest BCUT2D eigenvalue weighted by Gasteiger charge is -2.26. The molecule has 2 unspecified atom stereocenters. The van der Waals surface area contributed by atoms with E-state index < -0.39 is 29.9 Å². The third-order valence-electron chi connectivity index (χ3n) is 7.61. The van der Waals surface area contributed by atoms with E-state index >= 15 is 0 Å². The van der Waals surface area contributed by atoms with Gasteiger partial charge in [0.1, 0.15) is 12.1 Å². The molecule has 3 N–H and O–H groups in total. The van der Waals surface area contributed by atoms with Crippen molar-refractivity contribution >= 4 is 41.5 Å². The molecule has 2 atom stereocenters. The molecular formula is C34H37ClN2O4. The van der Waals surface area contributed by atoms with E-state index in [1.54, 1.807) is 18.2 Å². The second kappa shape index (κ2) is 15.2. The Morgan fingerprint density at radius 1 is 0.854 bits per heavy atom. The first-order chi connectivity index (χ1) is 19.9. The summed E-state index contributed by atoms with van der Waals surface area (Å²) < 4.78 is 0. The minimum Gasteiger partial charge on any atom is -0.480 e. The Hall–Kier alpha value is -3.90. The topological polar surface area (TPSA) is 95.5 Å². The third-order valence-corrected chi connectivity index (χ3v) is 7.95. The average Bonchev–Trinajstić information content (AvgIpc) is 2.99. The predicted molar refractivity (Wildman–Crippen MR) is 164 cm³/mol. The molecule has 0 saturated heterocycles. The number of nitrogens with one attached hydrogen (secondary N) is 2. The van der Waals surface area contributed by atoms with Crippen molar-refractivity contribution in [2.45, 2.75) is 63.5 Å². The second-order valence-electron chi connectivity index (χ2n) is 10.7. The van der Waals surface area contributed by atoms with Gasteiger partial charge in [0.2, 0.25) is 5.91 Å². The summed E-state index contributed by atoms with van der Waals surface area (Å²) in [6.07, 6.45) is 10.3. The first kappa shape index (κ1) is 30.1. The van der Waals surface area contributed by atoms with Gasteiger partial charge in [-0.3, -0.25) is 9.59 Å². The highest BCUT2D eigenvalue weighted by Gasteiger charge is 2.29. The molecule has 6 nitrogen and oxygen atoms in total. The quantitative estimate of drug-likeness (QED) is 0.208. The van der Waals surface area contributed by atoms with Crippen LogP contribution in [0, 0.1) is 5.92 Å². The summed E-state index contributed by atoms with van der Waals surface area (Å²) in [6.45, 7) is 0. The summed E-state index contributed by atoms with van der Waals surface area (Å²) >= 11 is 6.41. The normalized spacial score (nSPS) is 15.2. The van der Waals surface area contributed by atoms with Gasteiger partial charge in [0.15, 0.2) is 0 Å². The van der Waals surface area contributed by atoms with E-state index in [0.29, 0.717) is 35.4 Å². The molecule has 0 aliphatic heterocycles. The van der Waals surface area contributed by atoms with Gasteiger partial charge in [-0.2, -0.15) is 0 Å². The lowest BCUT2D eigenvalue weighted by Crippen LogP contribution is -2.52. The SMILES string of the molecule is O=C(NC(CCc1ccccc1)C(=O)NC(CC1CCCCC1)C(=O)O)c1ccc(Cl)c(C=Cc2ccccc2)c1. The van der Waals surface area contributed by atoms with Gasteiger partial charge in [-0.25, -0.2) is 4.79 Å². The first-order valence-electron chi connectivity index (χ1n) is 14.3. The minimum atomic E-state index is -1.05. The van der Waals surface area contributed by atoms with Gasteiger partial charge in [0.05, 0.1) is 0 Å². The van der Waals surface area contributed by atoms with Crippen LogP contribution in [0.5, 0.6) is 0 Å². The number of carboxylic acid groups (broad SMARTS) is 1. The maximum absolute atomic E-state index is 13.4. The fourth-order valence-electron chi connectivity index (χ4n) is 5.28. The number of rotatable bonds is 12. The van der Waals surface area contributed by atoms with Gasteiger partial charge in [-0.1, -0.05) is 117 Å². The van der Waals surface area contributed by atoms with Crippen molar-refractivity contribution in [3.8, 4) is 0 Å². The smallest absolute Gasteiger partial charge is 0.326 e. The Kier molecular flexibility index (Phi) is 11.1. The number of amides is 2. The third kappa shape index (κ3) is 9.32. The van der Waals surface area contributed by atoms with E-state index in [9.17, 15) is 19.5 Å². The van der Waals surface area contributed by atoms with E-state index in [0.717, 1.165) is 36.8 Å². The maximum atomic E-state index is 13.4. The summed E-state index contributed by atoms with van der Waals surface area (Å²) in [5.74, 6) is -1.69. The zero-order valence-electron chi connectivity index (χ0n) is 23.1. The van der Waals surface area contributed by atoms with Crippen LogP contribution >= 0.6 is 11.6 Å². The molecule has 3 aromatic rings. The van der Waals surface area contributed by atoms with E-state index in [2.05, 4.69) is 10.6 Å². The van der Waals surface area contributed by atoms with Crippen molar-refractivity contribution in [2.75, 3.05) is 0 Å². The number of hydrogen-bond donors (Lipinski definition) is 3. The molecule has 0 spiro atoms. The molecule has 1 fully saturated rings. The molecule has 4 rings (SSSR count). The first-order valence-corrected chi connectivity index (χ1v) is 14.7. The largest absolute Gasteiger partial charge is 0.480 e. The summed E-state index contributed by atoms with van der Waals surface area (Å²) in [6, 6.07) is 22.5. The Labute approximate surface area is 246 Å². The molecule has 0 aromatic heterocycles. The van der Waals surface area contributed by atoms with E-state index in [-0.39, 0.29) is 5.92 Å². The molecule has 3 aromatic carbocycles. The van der Waals surface area contributed by atoms with Crippen LogP contribution in [0.2, 0.25) is 5.02 Å². The number of carbonyl (C=O) groups excluding carboxylic acids is 2. The van der Waals surface area contributed by atoms with Crippen molar-refractivity contribution in [1.82, 2.24) is 10.6 Å². The molecule has 1 aliphatic rings. The van der Waals surface area contributed by atoms with Crippen molar-refractivity contribution in [2.24, 2.45) is 5.92 Å². The predicted octanol–water partition coefficient (Wildman–Crippen LogP) is 6.78. The van der Waals surface area contributed by atoms with E-state index in [1.165, 1.54) is 6.42 Å². The van der Waals surface area contributed by atoms with Gasteiger partial charge >= 0.3 is 5.97 Å². The van der Waals surface area contributed by atoms with Crippen LogP contribution in [-0.2, 0) is 16.0 Å². The van der Waals surface area contributed by atoms with Crippen molar-refractivity contribution in [3.63, 3.8) is 0 Å². The highest BCUT2D eigenvalue weighted by atomic mass is 35.5. The van der Waals surface area contributed by atoms with Gasteiger partial charge in [-0.15, -0.1) is 0 Å². The Morgan fingerprint density at radius 2 is 1.54 bits per heavy atom. The van der Waals surface area contributed by atoms with E-state index in [4.69, 9.17) is 11.6 Å². The molecule has 0 bridgehead atoms. The van der Waals surface area contributed by atoms with E-state index in [1.807, 2.05) is 72.8 Å². The molecule has 7 heteroatoms. The molecule has 41 heavy (non-hydrogen) atoms. The summed E-state index contributed by atoms with van der Waals surface area (Å²) in [5.41, 5.74) is 3.05. The van der Waals surface area contributed by atoms with Crippen molar-refractivity contribution in [3.05, 3.63) is 106 Å². The van der Waals surface area contributed by atoms with Crippen LogP contribution < -0.4 is 10.6 Å². The Morgan fingerprint density at radius 3 is 2.22 bits per heavy atom. The number of aliphatic carboxylic acids is 1. The van der Waals surface area contributed by atoms with Crippen LogP contribution in [0.3, 0.4) is 0 Å². The highest BCUT2D eigenvalue weighted by Crippen LogP contribution is 2.27. The number of carbonyl (C=O) groups is 3. The summed E-state index contributed by atoms with van der Waals surface area (Å²) in [7, 11) is 0. The number of carboxylic acids is 1. The summed E-state index contributed by atoms with van der Waals surface area (Å²) in [4.78, 5) is 38.9. The molecule has 2 amide bonds. The monoisotopic (exact) mass is 572 g/mol. The number of hydrogen-bond acceptors (Lipinski definition) is 3. The maximum Gasteiger partial charge on any atom is 0.326 e. The minimum absolute atomic E-state index is 0.277. The van der Waals surface area contributed by atoms with Crippen molar-refractivity contribution in [1.29, 1.82) is 0 Å². The molecule has 1 saturated carbocycles. The lowest BCUT2D eigenvalue weighted by molar-refractivity contribution is -0.142.